The average molecular weight is 185 g/mol. The molecule has 13 heavy (non-hydrogen) atoms. The molecule has 1 atom stereocenters. The van der Waals surface area contributed by atoms with Gasteiger partial charge in [-0.15, -0.1) is 0 Å². The van der Waals surface area contributed by atoms with Gasteiger partial charge in [-0.3, -0.25) is 4.79 Å². The SMILES string of the molecule is CC(C)C(=O)NC(C=O)C(C)(C)C. The maximum Gasteiger partial charge on any atom is 0.223 e. The number of amides is 1. The summed E-state index contributed by atoms with van der Waals surface area (Å²) in [6.45, 7) is 9.38. The van der Waals surface area contributed by atoms with E-state index in [1.807, 2.05) is 20.8 Å². The van der Waals surface area contributed by atoms with Gasteiger partial charge >= 0.3 is 0 Å². The molecular formula is C10H19NO2. The second-order valence-corrected chi connectivity index (χ2v) is 4.64. The molecule has 0 aromatic rings. The first-order valence-corrected chi connectivity index (χ1v) is 4.54. The molecule has 0 aliphatic rings. The fourth-order valence-electron chi connectivity index (χ4n) is 0.775. The smallest absolute Gasteiger partial charge is 0.223 e. The maximum atomic E-state index is 11.3. The van der Waals surface area contributed by atoms with Gasteiger partial charge in [0, 0.05) is 5.92 Å². The molecule has 0 saturated heterocycles. The van der Waals surface area contributed by atoms with Crippen molar-refractivity contribution in [2.75, 3.05) is 0 Å². The molecule has 1 N–H and O–H groups in total. The van der Waals surface area contributed by atoms with Crippen LogP contribution in [0.1, 0.15) is 34.6 Å². The summed E-state index contributed by atoms with van der Waals surface area (Å²) in [5, 5.41) is 2.70. The van der Waals surface area contributed by atoms with Crippen LogP contribution in [0.4, 0.5) is 0 Å². The topological polar surface area (TPSA) is 46.2 Å². The van der Waals surface area contributed by atoms with Crippen molar-refractivity contribution in [1.82, 2.24) is 5.32 Å². The van der Waals surface area contributed by atoms with Crippen molar-refractivity contribution in [2.24, 2.45) is 11.3 Å². The van der Waals surface area contributed by atoms with Crippen molar-refractivity contribution in [3.8, 4) is 0 Å². The van der Waals surface area contributed by atoms with Gasteiger partial charge in [0.05, 0.1) is 6.04 Å². The minimum absolute atomic E-state index is 0.0768. The van der Waals surface area contributed by atoms with E-state index in [0.717, 1.165) is 6.29 Å². The summed E-state index contributed by atoms with van der Waals surface area (Å²) in [4.78, 5) is 22.0. The molecule has 0 saturated carbocycles. The highest BCUT2D eigenvalue weighted by Crippen LogP contribution is 2.17. The van der Waals surface area contributed by atoms with Crippen molar-refractivity contribution in [1.29, 1.82) is 0 Å². The van der Waals surface area contributed by atoms with Gasteiger partial charge in [-0.1, -0.05) is 34.6 Å². The average Bonchev–Trinajstić information content (AvgIpc) is 1.96. The Hall–Kier alpha value is -0.860. The fourth-order valence-corrected chi connectivity index (χ4v) is 0.775. The monoisotopic (exact) mass is 185 g/mol. The third kappa shape index (κ3) is 4.06. The Morgan fingerprint density at radius 3 is 2.00 bits per heavy atom. The largest absolute Gasteiger partial charge is 0.346 e. The van der Waals surface area contributed by atoms with Crippen molar-refractivity contribution in [3.63, 3.8) is 0 Å². The van der Waals surface area contributed by atoms with E-state index in [9.17, 15) is 9.59 Å². The van der Waals surface area contributed by atoms with E-state index in [4.69, 9.17) is 0 Å². The van der Waals surface area contributed by atoms with E-state index in [1.54, 1.807) is 13.8 Å². The zero-order valence-corrected chi connectivity index (χ0v) is 9.05. The summed E-state index contributed by atoms with van der Waals surface area (Å²) in [5.41, 5.74) is -0.216. The molecule has 0 heterocycles. The molecule has 1 amide bonds. The van der Waals surface area contributed by atoms with Crippen LogP contribution in [0.3, 0.4) is 0 Å². The predicted octanol–water partition coefficient (Wildman–Crippen LogP) is 1.37. The highest BCUT2D eigenvalue weighted by molar-refractivity contribution is 5.81. The number of aldehydes is 1. The summed E-state index contributed by atoms with van der Waals surface area (Å²) in [6.07, 6.45) is 0.792. The Bertz CT molecular complexity index is 192. The molecule has 3 nitrogen and oxygen atoms in total. The van der Waals surface area contributed by atoms with Gasteiger partial charge in [0.2, 0.25) is 5.91 Å². The quantitative estimate of drug-likeness (QED) is 0.675. The number of rotatable bonds is 3. The molecule has 0 aliphatic carbocycles. The molecular weight excluding hydrogens is 166 g/mol. The summed E-state index contributed by atoms with van der Waals surface area (Å²) in [6, 6.07) is -0.401. The highest BCUT2D eigenvalue weighted by atomic mass is 16.2. The molecule has 0 radical (unpaired) electrons. The van der Waals surface area contributed by atoms with Gasteiger partial charge in [-0.05, 0) is 5.41 Å². The van der Waals surface area contributed by atoms with Crippen LogP contribution in [-0.4, -0.2) is 18.2 Å². The number of nitrogens with one attached hydrogen (secondary N) is 1. The third-order valence-electron chi connectivity index (χ3n) is 1.89. The van der Waals surface area contributed by atoms with Crippen LogP contribution in [0, 0.1) is 11.3 Å². The lowest BCUT2D eigenvalue weighted by Crippen LogP contribution is -2.46. The first kappa shape index (κ1) is 12.1. The highest BCUT2D eigenvalue weighted by Gasteiger charge is 2.26. The van der Waals surface area contributed by atoms with Crippen LogP contribution in [0.2, 0.25) is 0 Å². The van der Waals surface area contributed by atoms with E-state index in [-0.39, 0.29) is 17.2 Å². The second-order valence-electron chi connectivity index (χ2n) is 4.64. The Morgan fingerprint density at radius 1 is 1.31 bits per heavy atom. The normalized spacial score (nSPS) is 14.0. The van der Waals surface area contributed by atoms with E-state index < -0.39 is 6.04 Å². The summed E-state index contributed by atoms with van der Waals surface area (Å²) < 4.78 is 0. The molecule has 0 fully saturated rings. The Kier molecular flexibility index (Phi) is 4.11. The van der Waals surface area contributed by atoms with Crippen LogP contribution < -0.4 is 5.32 Å². The zero-order chi connectivity index (χ0) is 10.6. The predicted molar refractivity (Wildman–Crippen MR) is 52.3 cm³/mol. The van der Waals surface area contributed by atoms with Gasteiger partial charge in [0.1, 0.15) is 6.29 Å². The van der Waals surface area contributed by atoms with Crippen molar-refractivity contribution >= 4 is 12.2 Å². The van der Waals surface area contributed by atoms with Crippen LogP contribution in [0.5, 0.6) is 0 Å². The van der Waals surface area contributed by atoms with E-state index >= 15 is 0 Å². The number of carbonyl (C=O) groups is 2. The lowest BCUT2D eigenvalue weighted by atomic mass is 9.87. The molecule has 76 valence electrons. The molecule has 1 unspecified atom stereocenters. The lowest BCUT2D eigenvalue weighted by molar-refractivity contribution is -0.128. The first-order chi connectivity index (χ1) is 5.79. The number of hydrogen-bond acceptors (Lipinski definition) is 2. The van der Waals surface area contributed by atoms with Gasteiger partial charge < -0.3 is 10.1 Å². The van der Waals surface area contributed by atoms with E-state index in [2.05, 4.69) is 5.32 Å². The minimum atomic E-state index is -0.401. The van der Waals surface area contributed by atoms with Gasteiger partial charge in [0.25, 0.3) is 0 Å². The molecule has 0 aromatic carbocycles. The third-order valence-corrected chi connectivity index (χ3v) is 1.89. The van der Waals surface area contributed by atoms with Gasteiger partial charge in [-0.25, -0.2) is 0 Å². The van der Waals surface area contributed by atoms with Gasteiger partial charge in [0.15, 0.2) is 0 Å². The number of carbonyl (C=O) groups excluding carboxylic acids is 2. The Morgan fingerprint density at radius 2 is 1.77 bits per heavy atom. The molecule has 0 bridgehead atoms. The molecule has 0 aromatic heterocycles. The number of hydrogen-bond donors (Lipinski definition) is 1. The van der Waals surface area contributed by atoms with Crippen LogP contribution in [0.15, 0.2) is 0 Å². The zero-order valence-electron chi connectivity index (χ0n) is 9.05. The van der Waals surface area contributed by atoms with E-state index in [1.165, 1.54) is 0 Å². The van der Waals surface area contributed by atoms with Crippen molar-refractivity contribution < 1.29 is 9.59 Å². The fraction of sp³-hybridized carbons (Fsp3) is 0.800. The van der Waals surface area contributed by atoms with Gasteiger partial charge in [-0.2, -0.15) is 0 Å². The van der Waals surface area contributed by atoms with E-state index in [0.29, 0.717) is 0 Å². The second kappa shape index (κ2) is 4.40. The maximum absolute atomic E-state index is 11.3. The minimum Gasteiger partial charge on any atom is -0.346 e. The summed E-state index contributed by atoms with van der Waals surface area (Å²) in [7, 11) is 0. The van der Waals surface area contributed by atoms with Crippen LogP contribution in [0.25, 0.3) is 0 Å². The van der Waals surface area contributed by atoms with Crippen LogP contribution in [-0.2, 0) is 9.59 Å². The first-order valence-electron chi connectivity index (χ1n) is 4.54. The van der Waals surface area contributed by atoms with Crippen molar-refractivity contribution in [2.45, 2.75) is 40.7 Å². The Labute approximate surface area is 79.9 Å². The Balaban J connectivity index is 4.31. The molecule has 0 rings (SSSR count). The van der Waals surface area contributed by atoms with Crippen molar-refractivity contribution in [3.05, 3.63) is 0 Å². The summed E-state index contributed by atoms with van der Waals surface area (Å²) >= 11 is 0. The molecule has 0 spiro atoms. The summed E-state index contributed by atoms with van der Waals surface area (Å²) in [5.74, 6) is -0.156. The standard InChI is InChI=1S/C10H19NO2/c1-7(2)9(13)11-8(6-12)10(3,4)5/h6-8H,1-5H3,(H,11,13). The molecule has 0 aliphatic heterocycles. The lowest BCUT2D eigenvalue weighted by Gasteiger charge is -2.27. The molecule has 3 heteroatoms. The van der Waals surface area contributed by atoms with Crippen LogP contribution >= 0.6 is 0 Å².